The average molecular weight is 343 g/mol. The average Bonchev–Trinajstić information content (AvgIpc) is 3.31. The topological polar surface area (TPSA) is 87.1 Å². The third-order valence-electron chi connectivity index (χ3n) is 5.43. The van der Waals surface area contributed by atoms with Gasteiger partial charge in [0.2, 0.25) is 0 Å². The van der Waals surface area contributed by atoms with Gasteiger partial charge in [-0.25, -0.2) is 4.98 Å². The van der Waals surface area contributed by atoms with E-state index >= 15 is 0 Å². The zero-order chi connectivity index (χ0) is 17.2. The van der Waals surface area contributed by atoms with Crippen LogP contribution in [0.2, 0.25) is 0 Å². The maximum Gasteiger partial charge on any atom is 0.276 e. The summed E-state index contributed by atoms with van der Waals surface area (Å²) in [5.41, 5.74) is 2.71. The minimum absolute atomic E-state index is 0.0129. The van der Waals surface area contributed by atoms with Crippen LogP contribution < -0.4 is 5.32 Å². The minimum Gasteiger partial charge on any atom is -0.447 e. The third-order valence-corrected chi connectivity index (χ3v) is 5.43. The Labute approximate surface area is 147 Å². The number of amides is 1. The summed E-state index contributed by atoms with van der Waals surface area (Å²) in [7, 11) is 0. The van der Waals surface area contributed by atoms with E-state index in [9.17, 15) is 4.79 Å². The lowest BCUT2D eigenvalue weighted by Gasteiger charge is -2.31. The van der Waals surface area contributed by atoms with Gasteiger partial charge in [-0.1, -0.05) is 0 Å². The number of piperidine rings is 2. The largest absolute Gasteiger partial charge is 0.447 e. The first-order chi connectivity index (χ1) is 12.2. The Kier molecular flexibility index (Phi) is 4.57. The lowest BCUT2D eigenvalue weighted by molar-refractivity contribution is 0.0703. The number of aromatic amines is 1. The monoisotopic (exact) mass is 343 g/mol. The first kappa shape index (κ1) is 16.3. The van der Waals surface area contributed by atoms with Gasteiger partial charge in [0.1, 0.15) is 5.76 Å². The molecule has 0 bridgehead atoms. The predicted molar refractivity (Wildman–Crippen MR) is 92.6 cm³/mol. The number of hydrogen-bond acceptors (Lipinski definition) is 5. The van der Waals surface area contributed by atoms with Gasteiger partial charge in [0, 0.05) is 30.6 Å². The van der Waals surface area contributed by atoms with E-state index < -0.39 is 0 Å². The Hall–Kier alpha value is -2.15. The quantitative estimate of drug-likeness (QED) is 0.892. The Balaban J connectivity index is 1.42. The predicted octanol–water partition coefficient (Wildman–Crippen LogP) is 2.19. The van der Waals surface area contributed by atoms with Gasteiger partial charge in [-0.3, -0.25) is 9.89 Å². The van der Waals surface area contributed by atoms with Gasteiger partial charge in [-0.2, -0.15) is 5.10 Å². The van der Waals surface area contributed by atoms with Crippen molar-refractivity contribution in [2.75, 3.05) is 26.2 Å². The highest BCUT2D eigenvalue weighted by Gasteiger charge is 2.31. The Morgan fingerprint density at radius 1 is 1.20 bits per heavy atom. The van der Waals surface area contributed by atoms with Crippen LogP contribution in [0.4, 0.5) is 0 Å². The summed E-state index contributed by atoms with van der Waals surface area (Å²) in [5.74, 6) is 1.51. The molecule has 2 aromatic heterocycles. The summed E-state index contributed by atoms with van der Waals surface area (Å²) in [5, 5.41) is 10.7. The number of carbonyl (C=O) groups excluding carboxylic acids is 1. The molecule has 2 fully saturated rings. The maximum atomic E-state index is 12.9. The molecule has 0 spiro atoms. The molecule has 2 saturated heterocycles. The van der Waals surface area contributed by atoms with Crippen LogP contribution in [0.15, 0.2) is 16.9 Å². The van der Waals surface area contributed by atoms with Gasteiger partial charge >= 0.3 is 0 Å². The zero-order valence-corrected chi connectivity index (χ0v) is 14.6. The van der Waals surface area contributed by atoms with E-state index in [-0.39, 0.29) is 5.91 Å². The molecule has 0 aliphatic carbocycles. The number of nitrogens with one attached hydrogen (secondary N) is 2. The first-order valence-electron chi connectivity index (χ1n) is 9.17. The van der Waals surface area contributed by atoms with Crippen LogP contribution in [0.1, 0.15) is 65.2 Å². The second-order valence-electron chi connectivity index (χ2n) is 7.13. The Bertz CT molecular complexity index is 723. The van der Waals surface area contributed by atoms with Crippen molar-refractivity contribution >= 4 is 5.91 Å². The van der Waals surface area contributed by atoms with Crippen LogP contribution in [0, 0.1) is 6.92 Å². The van der Waals surface area contributed by atoms with Crippen LogP contribution in [-0.2, 0) is 0 Å². The van der Waals surface area contributed by atoms with Crippen LogP contribution in [0.5, 0.6) is 0 Å². The zero-order valence-electron chi connectivity index (χ0n) is 14.6. The van der Waals surface area contributed by atoms with Crippen LogP contribution >= 0.6 is 0 Å². The van der Waals surface area contributed by atoms with Crippen molar-refractivity contribution in [3.8, 4) is 0 Å². The molecular formula is C18H25N5O2. The number of nitrogens with zero attached hydrogens (tertiary/aromatic N) is 3. The van der Waals surface area contributed by atoms with Crippen LogP contribution in [-0.4, -0.2) is 52.2 Å². The van der Waals surface area contributed by atoms with Crippen LogP contribution in [0.25, 0.3) is 0 Å². The lowest BCUT2D eigenvalue weighted by atomic mass is 9.92. The molecule has 0 aromatic carbocycles. The number of hydrogen-bond donors (Lipinski definition) is 2. The first-order valence-corrected chi connectivity index (χ1v) is 9.17. The van der Waals surface area contributed by atoms with Crippen molar-refractivity contribution in [2.45, 2.75) is 44.4 Å². The second-order valence-corrected chi connectivity index (χ2v) is 7.13. The van der Waals surface area contributed by atoms with E-state index in [2.05, 4.69) is 26.6 Å². The SMILES string of the molecule is Cc1cc(C2CCN(C(=O)c3ncoc3C3CCNCC3)CC2)n[nH]1. The Morgan fingerprint density at radius 3 is 2.64 bits per heavy atom. The molecule has 0 radical (unpaired) electrons. The highest BCUT2D eigenvalue weighted by Crippen LogP contribution is 2.31. The van der Waals surface area contributed by atoms with E-state index in [0.717, 1.165) is 69.0 Å². The Morgan fingerprint density at radius 2 is 1.96 bits per heavy atom. The van der Waals surface area contributed by atoms with Gasteiger partial charge in [-0.05, 0) is 51.8 Å². The maximum absolute atomic E-state index is 12.9. The van der Waals surface area contributed by atoms with Gasteiger partial charge in [-0.15, -0.1) is 0 Å². The molecule has 7 heteroatoms. The number of likely N-dealkylation sites (tertiary alicyclic amines) is 1. The van der Waals surface area contributed by atoms with E-state index in [0.29, 0.717) is 17.5 Å². The molecule has 4 heterocycles. The highest BCUT2D eigenvalue weighted by atomic mass is 16.3. The van der Waals surface area contributed by atoms with Gasteiger partial charge in [0.25, 0.3) is 5.91 Å². The summed E-state index contributed by atoms with van der Waals surface area (Å²) >= 11 is 0. The van der Waals surface area contributed by atoms with Crippen LogP contribution in [0.3, 0.4) is 0 Å². The number of aryl methyl sites for hydroxylation is 1. The fourth-order valence-electron chi connectivity index (χ4n) is 3.97. The summed E-state index contributed by atoms with van der Waals surface area (Å²) in [6.45, 7) is 5.44. The molecule has 4 rings (SSSR count). The van der Waals surface area contributed by atoms with Crippen molar-refractivity contribution in [3.63, 3.8) is 0 Å². The van der Waals surface area contributed by atoms with E-state index in [1.807, 2.05) is 11.8 Å². The molecule has 0 unspecified atom stereocenters. The number of H-pyrrole nitrogens is 1. The number of aromatic nitrogens is 3. The molecule has 2 aliphatic rings. The van der Waals surface area contributed by atoms with Crippen molar-refractivity contribution in [3.05, 3.63) is 35.3 Å². The molecule has 1 amide bonds. The summed E-state index contributed by atoms with van der Waals surface area (Å²) in [4.78, 5) is 19.1. The molecule has 2 N–H and O–H groups in total. The number of carbonyl (C=O) groups is 1. The smallest absolute Gasteiger partial charge is 0.276 e. The lowest BCUT2D eigenvalue weighted by Crippen LogP contribution is -2.39. The van der Waals surface area contributed by atoms with E-state index in [4.69, 9.17) is 4.42 Å². The highest BCUT2D eigenvalue weighted by molar-refractivity contribution is 5.93. The minimum atomic E-state index is 0.0129. The van der Waals surface area contributed by atoms with Gasteiger partial charge in [0.05, 0.1) is 5.69 Å². The van der Waals surface area contributed by atoms with E-state index in [1.54, 1.807) is 0 Å². The molecular weight excluding hydrogens is 318 g/mol. The van der Waals surface area contributed by atoms with Crippen molar-refractivity contribution < 1.29 is 9.21 Å². The van der Waals surface area contributed by atoms with E-state index in [1.165, 1.54) is 6.39 Å². The normalized spacial score (nSPS) is 20.1. The molecule has 0 saturated carbocycles. The standard InChI is InChI=1S/C18H25N5O2/c1-12-10-15(22-21-12)13-4-8-23(9-5-13)18(24)16-17(25-11-20-16)14-2-6-19-7-3-14/h10-11,13-14,19H,2-9H2,1H3,(H,21,22). The fraction of sp³-hybridized carbons (Fsp3) is 0.611. The second kappa shape index (κ2) is 7.00. The molecule has 25 heavy (non-hydrogen) atoms. The van der Waals surface area contributed by atoms with Gasteiger partial charge < -0.3 is 14.6 Å². The van der Waals surface area contributed by atoms with Gasteiger partial charge in [0.15, 0.2) is 12.1 Å². The van der Waals surface area contributed by atoms with Crippen molar-refractivity contribution in [2.24, 2.45) is 0 Å². The molecule has 0 atom stereocenters. The molecule has 2 aliphatic heterocycles. The fourth-order valence-corrected chi connectivity index (χ4v) is 3.97. The molecule has 2 aromatic rings. The van der Waals surface area contributed by atoms with Crippen molar-refractivity contribution in [1.29, 1.82) is 0 Å². The van der Waals surface area contributed by atoms with Crippen molar-refractivity contribution in [1.82, 2.24) is 25.4 Å². The summed E-state index contributed by atoms with van der Waals surface area (Å²) in [6.07, 6.45) is 5.29. The number of rotatable bonds is 3. The summed E-state index contributed by atoms with van der Waals surface area (Å²) < 4.78 is 5.61. The number of oxazole rings is 1. The molecule has 7 nitrogen and oxygen atoms in total. The molecule has 134 valence electrons. The third kappa shape index (κ3) is 3.33. The summed E-state index contributed by atoms with van der Waals surface area (Å²) in [6, 6.07) is 2.11.